The van der Waals surface area contributed by atoms with Crippen LogP contribution in [0.3, 0.4) is 0 Å². The Balaban J connectivity index is 1.74. The van der Waals surface area contributed by atoms with Gasteiger partial charge in [0.15, 0.2) is 11.5 Å². The van der Waals surface area contributed by atoms with E-state index in [2.05, 4.69) is 10.3 Å². The second-order valence-electron chi connectivity index (χ2n) is 6.79. The summed E-state index contributed by atoms with van der Waals surface area (Å²) < 4.78 is 49.9. The lowest BCUT2D eigenvalue weighted by molar-refractivity contribution is -0.137. The van der Waals surface area contributed by atoms with Gasteiger partial charge in [-0.25, -0.2) is 0 Å². The van der Waals surface area contributed by atoms with Crippen LogP contribution in [0.25, 0.3) is 0 Å². The molecule has 8 heteroatoms. The van der Waals surface area contributed by atoms with E-state index in [9.17, 15) is 18.0 Å². The molecule has 0 saturated carbocycles. The molecule has 3 rings (SSSR count). The van der Waals surface area contributed by atoms with Gasteiger partial charge in [0.25, 0.3) is 5.91 Å². The van der Waals surface area contributed by atoms with Gasteiger partial charge in [-0.2, -0.15) is 13.2 Å². The Hall–Kier alpha value is -3.55. The van der Waals surface area contributed by atoms with E-state index < -0.39 is 23.7 Å². The number of carbonyl (C=O) groups is 1. The van der Waals surface area contributed by atoms with Crippen molar-refractivity contribution < 1.29 is 27.4 Å². The molecule has 1 atom stereocenters. The Bertz CT molecular complexity index is 1040. The van der Waals surface area contributed by atoms with Crippen molar-refractivity contribution in [1.29, 1.82) is 0 Å². The van der Waals surface area contributed by atoms with E-state index in [0.29, 0.717) is 22.8 Å². The molecule has 0 aliphatic carbocycles. The Kier molecular flexibility index (Phi) is 6.79. The topological polar surface area (TPSA) is 60.5 Å². The molecule has 0 aliphatic heterocycles. The van der Waals surface area contributed by atoms with Gasteiger partial charge >= 0.3 is 6.18 Å². The fraction of sp³-hybridized carbons (Fsp3) is 0.217. The number of nitrogens with one attached hydrogen (secondary N) is 1. The van der Waals surface area contributed by atoms with Gasteiger partial charge in [-0.1, -0.05) is 18.2 Å². The first-order chi connectivity index (χ1) is 14.8. The highest BCUT2D eigenvalue weighted by Gasteiger charge is 2.30. The lowest BCUT2D eigenvalue weighted by Crippen LogP contribution is -2.27. The summed E-state index contributed by atoms with van der Waals surface area (Å²) in [4.78, 5) is 16.9. The summed E-state index contributed by atoms with van der Waals surface area (Å²) in [5.41, 5.74) is 0.581. The summed E-state index contributed by atoms with van der Waals surface area (Å²) in [5, 5.41) is 2.71. The van der Waals surface area contributed by atoms with E-state index in [4.69, 9.17) is 9.47 Å². The van der Waals surface area contributed by atoms with Crippen molar-refractivity contribution in [3.8, 4) is 11.5 Å². The third-order valence-electron chi connectivity index (χ3n) is 4.59. The molecule has 0 spiro atoms. The maximum Gasteiger partial charge on any atom is 0.416 e. The lowest BCUT2D eigenvalue weighted by Gasteiger charge is -2.17. The van der Waals surface area contributed by atoms with Gasteiger partial charge in [-0.3, -0.25) is 9.78 Å². The fourth-order valence-electron chi connectivity index (χ4n) is 2.91. The molecule has 0 saturated heterocycles. The number of ether oxygens (including phenoxy) is 2. The normalized spacial score (nSPS) is 12.2. The maximum atomic E-state index is 13.0. The smallest absolute Gasteiger partial charge is 0.416 e. The van der Waals surface area contributed by atoms with Crippen molar-refractivity contribution in [2.75, 3.05) is 7.11 Å². The van der Waals surface area contributed by atoms with E-state index in [0.717, 1.165) is 12.1 Å². The molecular weight excluding hydrogens is 409 g/mol. The number of aromatic nitrogens is 1. The van der Waals surface area contributed by atoms with Crippen molar-refractivity contribution in [3.05, 3.63) is 89.2 Å². The number of methoxy groups -OCH3 is 1. The van der Waals surface area contributed by atoms with Crippen LogP contribution in [0.2, 0.25) is 0 Å². The second kappa shape index (κ2) is 9.51. The number of benzene rings is 2. The van der Waals surface area contributed by atoms with Crippen LogP contribution in [0, 0.1) is 0 Å². The molecular formula is C23H21F3N2O3. The van der Waals surface area contributed by atoms with Crippen LogP contribution in [0.15, 0.2) is 66.9 Å². The summed E-state index contributed by atoms with van der Waals surface area (Å²) >= 11 is 0. The minimum Gasteiger partial charge on any atom is -0.493 e. The van der Waals surface area contributed by atoms with Crippen LogP contribution in [0.4, 0.5) is 13.2 Å². The zero-order valence-electron chi connectivity index (χ0n) is 16.9. The van der Waals surface area contributed by atoms with Gasteiger partial charge in [0.2, 0.25) is 0 Å². The zero-order chi connectivity index (χ0) is 22.4. The van der Waals surface area contributed by atoms with Crippen molar-refractivity contribution in [1.82, 2.24) is 10.3 Å². The summed E-state index contributed by atoms with van der Waals surface area (Å²) in [6, 6.07) is 14.4. The van der Waals surface area contributed by atoms with Gasteiger partial charge in [-0.15, -0.1) is 0 Å². The molecule has 0 bridgehead atoms. The first-order valence-electron chi connectivity index (χ1n) is 9.46. The number of hydrogen-bond acceptors (Lipinski definition) is 4. The predicted octanol–water partition coefficient (Wildman–Crippen LogP) is 5.18. The van der Waals surface area contributed by atoms with Gasteiger partial charge in [0.1, 0.15) is 6.61 Å². The molecule has 162 valence electrons. The van der Waals surface area contributed by atoms with Gasteiger partial charge in [0.05, 0.1) is 24.4 Å². The molecule has 1 N–H and O–H groups in total. The van der Waals surface area contributed by atoms with Crippen LogP contribution in [-0.2, 0) is 12.8 Å². The predicted molar refractivity (Wildman–Crippen MR) is 109 cm³/mol. The number of carbonyl (C=O) groups excluding carboxylic acids is 1. The van der Waals surface area contributed by atoms with E-state index in [-0.39, 0.29) is 12.2 Å². The summed E-state index contributed by atoms with van der Waals surface area (Å²) in [6.07, 6.45) is -2.80. The summed E-state index contributed by atoms with van der Waals surface area (Å²) in [6.45, 7) is 1.80. The van der Waals surface area contributed by atoms with Crippen LogP contribution in [0.1, 0.15) is 40.1 Å². The van der Waals surface area contributed by atoms with E-state index in [1.807, 2.05) is 6.07 Å². The molecule has 0 unspecified atom stereocenters. The zero-order valence-corrected chi connectivity index (χ0v) is 16.9. The minimum atomic E-state index is -4.45. The number of pyridine rings is 1. The summed E-state index contributed by atoms with van der Waals surface area (Å²) in [5.74, 6) is 0.348. The number of alkyl halides is 3. The van der Waals surface area contributed by atoms with Crippen molar-refractivity contribution in [3.63, 3.8) is 0 Å². The third-order valence-corrected chi connectivity index (χ3v) is 4.59. The molecule has 0 fully saturated rings. The largest absolute Gasteiger partial charge is 0.493 e. The van der Waals surface area contributed by atoms with Crippen LogP contribution in [-0.4, -0.2) is 18.0 Å². The van der Waals surface area contributed by atoms with Crippen LogP contribution >= 0.6 is 0 Å². The number of nitrogens with zero attached hydrogens (tertiary/aromatic N) is 1. The van der Waals surface area contributed by atoms with Gasteiger partial charge in [0, 0.05) is 11.8 Å². The number of rotatable bonds is 7. The van der Waals surface area contributed by atoms with E-state index in [1.165, 1.54) is 25.3 Å². The molecule has 2 aromatic carbocycles. The van der Waals surface area contributed by atoms with E-state index >= 15 is 0 Å². The minimum absolute atomic E-state index is 0.183. The quantitative estimate of drug-likeness (QED) is 0.561. The number of hydrogen-bond donors (Lipinski definition) is 1. The SMILES string of the molecule is COc1ccc(C(=O)N[C@H](C)c2cccc(C(F)(F)F)c2)cc1OCc1ccccn1. The monoisotopic (exact) mass is 430 g/mol. The maximum absolute atomic E-state index is 13.0. The fourth-order valence-corrected chi connectivity index (χ4v) is 2.91. The third kappa shape index (κ3) is 5.75. The first kappa shape index (κ1) is 22.1. The molecule has 0 aliphatic rings. The van der Waals surface area contributed by atoms with Crippen molar-refractivity contribution in [2.24, 2.45) is 0 Å². The average Bonchev–Trinajstić information content (AvgIpc) is 2.77. The summed E-state index contributed by atoms with van der Waals surface area (Å²) in [7, 11) is 1.48. The molecule has 1 amide bonds. The highest BCUT2D eigenvalue weighted by Crippen LogP contribution is 2.31. The Labute approximate surface area is 177 Å². The molecule has 3 aromatic rings. The molecule has 1 aromatic heterocycles. The standard InChI is InChI=1S/C23H21F3N2O3/c1-15(16-6-5-7-18(12-16)23(24,25)26)28-22(29)17-9-10-20(30-2)21(13-17)31-14-19-8-3-4-11-27-19/h3-13,15H,14H2,1-2H3,(H,28,29)/t15-/m1/s1. The van der Waals surface area contributed by atoms with Crippen molar-refractivity contribution >= 4 is 5.91 Å². The first-order valence-corrected chi connectivity index (χ1v) is 9.46. The number of halogens is 3. The van der Waals surface area contributed by atoms with Crippen LogP contribution < -0.4 is 14.8 Å². The molecule has 0 radical (unpaired) electrons. The Morgan fingerprint density at radius 2 is 1.87 bits per heavy atom. The average molecular weight is 430 g/mol. The highest BCUT2D eigenvalue weighted by atomic mass is 19.4. The molecule has 5 nitrogen and oxygen atoms in total. The van der Waals surface area contributed by atoms with E-state index in [1.54, 1.807) is 37.4 Å². The Morgan fingerprint density at radius 1 is 1.06 bits per heavy atom. The Morgan fingerprint density at radius 3 is 2.55 bits per heavy atom. The van der Waals surface area contributed by atoms with Gasteiger partial charge in [-0.05, 0) is 55.0 Å². The lowest BCUT2D eigenvalue weighted by atomic mass is 10.0. The molecule has 1 heterocycles. The van der Waals surface area contributed by atoms with Gasteiger partial charge < -0.3 is 14.8 Å². The van der Waals surface area contributed by atoms with Crippen LogP contribution in [0.5, 0.6) is 11.5 Å². The highest BCUT2D eigenvalue weighted by molar-refractivity contribution is 5.95. The molecule has 31 heavy (non-hydrogen) atoms. The second-order valence-corrected chi connectivity index (χ2v) is 6.79. The van der Waals surface area contributed by atoms with Crippen molar-refractivity contribution in [2.45, 2.75) is 25.7 Å². The number of amides is 1.